The van der Waals surface area contributed by atoms with Crippen LogP contribution in [0.3, 0.4) is 0 Å². The first-order chi connectivity index (χ1) is 5.79. The van der Waals surface area contributed by atoms with Crippen molar-refractivity contribution >= 4 is 17.2 Å². The molecule has 0 atom stereocenters. The van der Waals surface area contributed by atoms with Crippen LogP contribution in [0.4, 0.5) is 5.82 Å². The first kappa shape index (κ1) is 7.36. The van der Waals surface area contributed by atoms with Gasteiger partial charge >= 0.3 is 0 Å². The summed E-state index contributed by atoms with van der Waals surface area (Å²) in [6, 6.07) is 2.05. The van der Waals surface area contributed by atoms with Gasteiger partial charge in [-0.15, -0.1) is 0 Å². The number of rotatable bonds is 1. The Kier molecular flexibility index (Phi) is 1.62. The van der Waals surface area contributed by atoms with E-state index >= 15 is 0 Å². The molecule has 0 unspecified atom stereocenters. The summed E-state index contributed by atoms with van der Waals surface area (Å²) >= 11 is 1.66. The molecule has 2 aromatic heterocycles. The van der Waals surface area contributed by atoms with Crippen molar-refractivity contribution < 1.29 is 0 Å². The van der Waals surface area contributed by atoms with E-state index in [-0.39, 0.29) is 0 Å². The second-order valence-electron chi connectivity index (χ2n) is 2.62. The molecule has 0 saturated carbocycles. The number of nitrogens with two attached hydrogens (primary N) is 1. The van der Waals surface area contributed by atoms with Crippen molar-refractivity contribution in [3.63, 3.8) is 0 Å². The van der Waals surface area contributed by atoms with Gasteiger partial charge in [-0.2, -0.15) is 16.4 Å². The summed E-state index contributed by atoms with van der Waals surface area (Å²) in [6.07, 6.45) is 0. The van der Waals surface area contributed by atoms with Gasteiger partial charge < -0.3 is 5.73 Å². The molecular formula is C8H9N3S. The quantitative estimate of drug-likeness (QED) is 0.703. The summed E-state index contributed by atoms with van der Waals surface area (Å²) in [5.41, 5.74) is 8.81. The Labute approximate surface area is 74.2 Å². The highest BCUT2D eigenvalue weighted by Crippen LogP contribution is 2.25. The molecule has 2 rings (SSSR count). The third-order valence-corrected chi connectivity index (χ3v) is 2.54. The standard InChI is InChI=1S/C8H9N3S/c1-5-7(10-11-8(5)9)6-2-3-12-4-6/h2-4H,1H3,(H3,9,10,11). The Morgan fingerprint density at radius 3 is 2.92 bits per heavy atom. The van der Waals surface area contributed by atoms with Gasteiger partial charge in [-0.05, 0) is 18.4 Å². The van der Waals surface area contributed by atoms with E-state index in [9.17, 15) is 0 Å². The Morgan fingerprint density at radius 2 is 2.42 bits per heavy atom. The summed E-state index contributed by atoms with van der Waals surface area (Å²) in [5.74, 6) is 0.580. The van der Waals surface area contributed by atoms with Crippen LogP contribution in [0.15, 0.2) is 16.8 Å². The number of H-pyrrole nitrogens is 1. The second-order valence-corrected chi connectivity index (χ2v) is 3.40. The van der Waals surface area contributed by atoms with Gasteiger partial charge in [-0.25, -0.2) is 0 Å². The lowest BCUT2D eigenvalue weighted by Crippen LogP contribution is -1.85. The second kappa shape index (κ2) is 2.64. The zero-order valence-electron chi connectivity index (χ0n) is 6.66. The fourth-order valence-electron chi connectivity index (χ4n) is 1.10. The highest BCUT2D eigenvalue weighted by atomic mass is 32.1. The summed E-state index contributed by atoms with van der Waals surface area (Å²) in [4.78, 5) is 0. The number of nitrogens with zero attached hydrogens (tertiary/aromatic N) is 1. The number of nitrogen functional groups attached to an aromatic ring is 1. The lowest BCUT2D eigenvalue weighted by Gasteiger charge is -1.92. The van der Waals surface area contributed by atoms with E-state index in [0.29, 0.717) is 5.82 Å². The van der Waals surface area contributed by atoms with Crippen LogP contribution in [0.5, 0.6) is 0 Å². The number of thiophene rings is 1. The predicted octanol–water partition coefficient (Wildman–Crippen LogP) is 2.03. The van der Waals surface area contributed by atoms with Crippen molar-refractivity contribution in [1.82, 2.24) is 10.2 Å². The molecule has 0 aromatic carbocycles. The minimum absolute atomic E-state index is 0.580. The van der Waals surface area contributed by atoms with Crippen LogP contribution in [0.25, 0.3) is 11.3 Å². The topological polar surface area (TPSA) is 54.7 Å². The molecule has 0 bridgehead atoms. The lowest BCUT2D eigenvalue weighted by molar-refractivity contribution is 1.10. The third-order valence-electron chi connectivity index (χ3n) is 1.86. The molecule has 3 N–H and O–H groups in total. The van der Waals surface area contributed by atoms with Gasteiger partial charge in [-0.3, -0.25) is 5.10 Å². The van der Waals surface area contributed by atoms with E-state index in [0.717, 1.165) is 16.8 Å². The molecule has 0 aliphatic carbocycles. The minimum atomic E-state index is 0.580. The smallest absolute Gasteiger partial charge is 0.148 e. The van der Waals surface area contributed by atoms with Crippen LogP contribution in [0.1, 0.15) is 5.56 Å². The van der Waals surface area contributed by atoms with E-state index in [1.54, 1.807) is 11.3 Å². The van der Waals surface area contributed by atoms with Gasteiger partial charge in [-0.1, -0.05) is 0 Å². The van der Waals surface area contributed by atoms with E-state index < -0.39 is 0 Å². The fourth-order valence-corrected chi connectivity index (χ4v) is 1.75. The molecule has 0 amide bonds. The predicted molar refractivity (Wildman–Crippen MR) is 51.1 cm³/mol. The van der Waals surface area contributed by atoms with Gasteiger partial charge in [0.1, 0.15) is 5.82 Å². The van der Waals surface area contributed by atoms with Crippen molar-refractivity contribution in [1.29, 1.82) is 0 Å². The van der Waals surface area contributed by atoms with Crippen LogP contribution in [-0.4, -0.2) is 10.2 Å². The van der Waals surface area contributed by atoms with Gasteiger partial charge in [0.15, 0.2) is 0 Å². The Morgan fingerprint density at radius 1 is 1.58 bits per heavy atom. The van der Waals surface area contributed by atoms with E-state index in [1.165, 1.54) is 0 Å². The van der Waals surface area contributed by atoms with Gasteiger partial charge in [0.2, 0.25) is 0 Å². The molecular weight excluding hydrogens is 170 g/mol. The van der Waals surface area contributed by atoms with Crippen LogP contribution in [0, 0.1) is 6.92 Å². The molecule has 12 heavy (non-hydrogen) atoms. The van der Waals surface area contributed by atoms with Crippen molar-refractivity contribution in [2.24, 2.45) is 0 Å². The molecule has 0 aliphatic rings. The first-order valence-corrected chi connectivity index (χ1v) is 4.56. The molecule has 0 radical (unpaired) electrons. The number of hydrogen-bond donors (Lipinski definition) is 2. The van der Waals surface area contributed by atoms with Crippen molar-refractivity contribution in [3.05, 3.63) is 22.4 Å². The van der Waals surface area contributed by atoms with Crippen molar-refractivity contribution in [2.45, 2.75) is 6.92 Å². The van der Waals surface area contributed by atoms with Gasteiger partial charge in [0.05, 0.1) is 5.69 Å². The normalized spacial score (nSPS) is 10.4. The van der Waals surface area contributed by atoms with Crippen molar-refractivity contribution in [3.8, 4) is 11.3 Å². The van der Waals surface area contributed by atoms with E-state index in [4.69, 9.17) is 5.73 Å². The number of anilines is 1. The average molecular weight is 179 g/mol. The first-order valence-electron chi connectivity index (χ1n) is 3.62. The number of aromatic amines is 1. The molecule has 0 fully saturated rings. The maximum absolute atomic E-state index is 5.61. The maximum atomic E-state index is 5.61. The Balaban J connectivity index is 2.55. The lowest BCUT2D eigenvalue weighted by atomic mass is 10.1. The van der Waals surface area contributed by atoms with Crippen LogP contribution in [0.2, 0.25) is 0 Å². The summed E-state index contributed by atoms with van der Waals surface area (Å²) in [6.45, 7) is 1.96. The van der Waals surface area contributed by atoms with E-state index in [2.05, 4.69) is 15.6 Å². The minimum Gasteiger partial charge on any atom is -0.382 e. The SMILES string of the molecule is Cc1c(N)n[nH]c1-c1ccsc1. The number of nitrogens with one attached hydrogen (secondary N) is 1. The highest BCUT2D eigenvalue weighted by Gasteiger charge is 2.07. The Hall–Kier alpha value is -1.29. The van der Waals surface area contributed by atoms with Gasteiger partial charge in [0.25, 0.3) is 0 Å². The Bertz CT molecular complexity index is 375. The fraction of sp³-hybridized carbons (Fsp3) is 0.125. The highest BCUT2D eigenvalue weighted by molar-refractivity contribution is 7.08. The zero-order chi connectivity index (χ0) is 8.55. The summed E-state index contributed by atoms with van der Waals surface area (Å²) in [5, 5.41) is 10.9. The molecule has 3 nitrogen and oxygen atoms in total. The molecule has 0 aliphatic heterocycles. The van der Waals surface area contributed by atoms with Gasteiger partial charge in [0, 0.05) is 16.5 Å². The van der Waals surface area contributed by atoms with Crippen LogP contribution < -0.4 is 5.73 Å². The molecule has 62 valence electrons. The maximum Gasteiger partial charge on any atom is 0.148 e. The molecule has 4 heteroatoms. The average Bonchev–Trinajstić information content (AvgIpc) is 2.64. The largest absolute Gasteiger partial charge is 0.382 e. The van der Waals surface area contributed by atoms with Crippen LogP contribution in [-0.2, 0) is 0 Å². The monoisotopic (exact) mass is 179 g/mol. The molecule has 2 heterocycles. The third kappa shape index (κ3) is 1.00. The molecule has 0 spiro atoms. The molecule has 2 aromatic rings. The summed E-state index contributed by atoms with van der Waals surface area (Å²) < 4.78 is 0. The number of hydrogen-bond acceptors (Lipinski definition) is 3. The van der Waals surface area contributed by atoms with Crippen molar-refractivity contribution in [2.75, 3.05) is 5.73 Å². The summed E-state index contributed by atoms with van der Waals surface area (Å²) in [7, 11) is 0. The van der Waals surface area contributed by atoms with Crippen LogP contribution >= 0.6 is 11.3 Å². The molecule has 0 saturated heterocycles. The van der Waals surface area contributed by atoms with E-state index in [1.807, 2.05) is 18.4 Å². The number of aromatic nitrogens is 2. The zero-order valence-corrected chi connectivity index (χ0v) is 7.48.